The zero-order valence-corrected chi connectivity index (χ0v) is 24.9. The summed E-state index contributed by atoms with van der Waals surface area (Å²) in [4.78, 5) is 18.9. The van der Waals surface area contributed by atoms with Crippen LogP contribution in [0.15, 0.2) is 76.9 Å². The minimum atomic E-state index is -0.545. The normalized spacial score (nSPS) is 16.7. The second-order valence-electron chi connectivity index (χ2n) is 10.3. The number of thioether (sulfide) groups is 1. The number of carbonyl (C=O) groups is 1. The lowest BCUT2D eigenvalue weighted by Gasteiger charge is -2.20. The molecular weight excluding hydrogens is 585 g/mol. The van der Waals surface area contributed by atoms with Gasteiger partial charge >= 0.3 is 0 Å². The number of phenols is 1. The van der Waals surface area contributed by atoms with Gasteiger partial charge in [0.25, 0.3) is 0 Å². The van der Waals surface area contributed by atoms with Crippen LogP contribution in [0.3, 0.4) is 0 Å². The Hall–Kier alpha value is -4.59. The van der Waals surface area contributed by atoms with Gasteiger partial charge in [0.2, 0.25) is 11.9 Å². The van der Waals surface area contributed by atoms with Gasteiger partial charge in [-0.1, -0.05) is 49.9 Å². The number of amidine groups is 1. The van der Waals surface area contributed by atoms with Gasteiger partial charge in [0.05, 0.1) is 48.7 Å². The van der Waals surface area contributed by atoms with E-state index in [0.717, 1.165) is 11.3 Å². The Morgan fingerprint density at radius 1 is 1.14 bits per heavy atom. The standard InChI is InChI=1S/C31H30FN7O4S/c1-19(2)23-5-3-4-6-26(23)38-27(41)18-44-31(38)36-34-16-20-7-12-24(25(32)15-20)29-35-30(33-17-28-42-13-14-43-28)39(37-29)21-8-10-22(40)11-9-21/h3-12,15-16,19,28,40H,13-14,17-18H2,1-2H3,(H,33,35,37)/b34-16+,36-31-. The Morgan fingerprint density at radius 2 is 1.91 bits per heavy atom. The highest BCUT2D eigenvalue weighted by Crippen LogP contribution is 2.33. The maximum atomic E-state index is 15.4. The predicted molar refractivity (Wildman–Crippen MR) is 168 cm³/mol. The molecule has 226 valence electrons. The Balaban J connectivity index is 1.23. The summed E-state index contributed by atoms with van der Waals surface area (Å²) in [5, 5.41) is 26.4. The molecule has 2 N–H and O–H groups in total. The van der Waals surface area contributed by atoms with Gasteiger partial charge in [0, 0.05) is 0 Å². The van der Waals surface area contributed by atoms with Gasteiger partial charge in [-0.15, -0.1) is 10.2 Å². The number of aromatic nitrogens is 3. The number of hydrogen-bond acceptors (Lipinski definition) is 10. The monoisotopic (exact) mass is 615 g/mol. The number of anilines is 2. The fourth-order valence-electron chi connectivity index (χ4n) is 4.80. The van der Waals surface area contributed by atoms with Crippen LogP contribution < -0.4 is 10.2 Å². The maximum Gasteiger partial charge on any atom is 0.243 e. The molecule has 2 aliphatic rings. The number of nitrogens with one attached hydrogen (secondary N) is 1. The number of ether oxygens (including phenoxy) is 2. The molecule has 2 saturated heterocycles. The van der Waals surface area contributed by atoms with Crippen molar-refractivity contribution in [3.63, 3.8) is 0 Å². The molecule has 1 aromatic heterocycles. The van der Waals surface area contributed by atoms with Crippen LogP contribution in [0.25, 0.3) is 17.1 Å². The van der Waals surface area contributed by atoms with Gasteiger partial charge in [0.15, 0.2) is 17.3 Å². The van der Waals surface area contributed by atoms with E-state index in [1.165, 1.54) is 40.9 Å². The zero-order chi connectivity index (χ0) is 30.6. The average molecular weight is 616 g/mol. The zero-order valence-electron chi connectivity index (χ0n) is 24.1. The summed E-state index contributed by atoms with van der Waals surface area (Å²) >= 11 is 1.31. The number of benzene rings is 3. The van der Waals surface area contributed by atoms with Gasteiger partial charge in [-0.05, 0) is 59.5 Å². The smallest absolute Gasteiger partial charge is 0.243 e. The number of aromatic hydroxyl groups is 1. The number of para-hydroxylation sites is 1. The van der Waals surface area contributed by atoms with Gasteiger partial charge < -0.3 is 19.9 Å². The van der Waals surface area contributed by atoms with Crippen molar-refractivity contribution in [1.29, 1.82) is 0 Å². The van der Waals surface area contributed by atoms with E-state index in [1.54, 1.807) is 29.2 Å². The number of nitrogens with zero attached hydrogens (tertiary/aromatic N) is 6. The van der Waals surface area contributed by atoms with Crippen LogP contribution >= 0.6 is 11.8 Å². The molecule has 1 amide bonds. The van der Waals surface area contributed by atoms with E-state index in [0.29, 0.717) is 42.1 Å². The third-order valence-electron chi connectivity index (χ3n) is 6.97. The highest BCUT2D eigenvalue weighted by molar-refractivity contribution is 8.15. The first kappa shape index (κ1) is 29.5. The summed E-state index contributed by atoms with van der Waals surface area (Å²) in [5.74, 6) is 0.510. The van der Waals surface area contributed by atoms with Crippen LogP contribution in [0.5, 0.6) is 5.75 Å². The number of phenolic OH excluding ortho intramolecular Hbond substituents is 1. The molecule has 0 spiro atoms. The second-order valence-corrected chi connectivity index (χ2v) is 11.3. The molecule has 6 rings (SSSR count). The summed E-state index contributed by atoms with van der Waals surface area (Å²) in [6.07, 6.45) is 1.01. The lowest BCUT2D eigenvalue weighted by Crippen LogP contribution is -2.30. The van der Waals surface area contributed by atoms with Gasteiger partial charge in [0.1, 0.15) is 11.6 Å². The fraction of sp³-hybridized carbons (Fsp3) is 0.258. The molecule has 0 unspecified atom stereocenters. The molecule has 0 atom stereocenters. The van der Waals surface area contributed by atoms with E-state index in [1.807, 2.05) is 24.3 Å². The van der Waals surface area contributed by atoms with Crippen LogP contribution in [-0.2, 0) is 14.3 Å². The molecule has 3 heterocycles. The van der Waals surface area contributed by atoms with E-state index < -0.39 is 12.1 Å². The number of amides is 1. The lowest BCUT2D eigenvalue weighted by molar-refractivity contribution is -0.115. The van der Waals surface area contributed by atoms with Crippen molar-refractivity contribution in [2.24, 2.45) is 10.2 Å². The van der Waals surface area contributed by atoms with E-state index in [9.17, 15) is 9.90 Å². The van der Waals surface area contributed by atoms with E-state index >= 15 is 4.39 Å². The molecule has 3 aromatic carbocycles. The van der Waals surface area contributed by atoms with Crippen molar-refractivity contribution < 1.29 is 23.8 Å². The minimum Gasteiger partial charge on any atom is -0.508 e. The number of rotatable bonds is 9. The second kappa shape index (κ2) is 13.0. The van der Waals surface area contributed by atoms with Crippen molar-refractivity contribution in [2.45, 2.75) is 26.1 Å². The van der Waals surface area contributed by atoms with Crippen LogP contribution in [0.2, 0.25) is 0 Å². The quantitative estimate of drug-likeness (QED) is 0.195. The summed E-state index contributed by atoms with van der Waals surface area (Å²) in [6.45, 7) is 5.49. The summed E-state index contributed by atoms with van der Waals surface area (Å²) < 4.78 is 27.9. The molecule has 2 aliphatic heterocycles. The predicted octanol–water partition coefficient (Wildman–Crippen LogP) is 5.16. The van der Waals surface area contributed by atoms with Gasteiger partial charge in [-0.25, -0.2) is 4.39 Å². The molecule has 0 radical (unpaired) electrons. The highest BCUT2D eigenvalue weighted by atomic mass is 32.2. The fourth-order valence-corrected chi connectivity index (χ4v) is 5.62. The van der Waals surface area contributed by atoms with Crippen LogP contribution in [0, 0.1) is 5.82 Å². The minimum absolute atomic E-state index is 0.0659. The first-order valence-electron chi connectivity index (χ1n) is 14.1. The SMILES string of the molecule is CC(C)c1ccccc1N1C(=O)CS/C1=N\N=C\c1ccc(-c2nc(NCC3OCCO3)n(-c3ccc(O)cc3)n2)c(F)c1. The molecular formula is C31H30FN7O4S. The Bertz CT molecular complexity index is 1720. The molecule has 11 nitrogen and oxygen atoms in total. The van der Waals surface area contributed by atoms with E-state index in [4.69, 9.17) is 9.47 Å². The molecule has 0 saturated carbocycles. The number of hydrogen-bond donors (Lipinski definition) is 2. The lowest BCUT2D eigenvalue weighted by atomic mass is 10.0. The summed E-state index contributed by atoms with van der Waals surface area (Å²) in [6, 6.07) is 18.8. The van der Waals surface area contributed by atoms with Crippen LogP contribution in [0.4, 0.5) is 16.0 Å². The van der Waals surface area contributed by atoms with Crippen LogP contribution in [-0.4, -0.2) is 69.0 Å². The van der Waals surface area contributed by atoms with Crippen molar-refractivity contribution >= 4 is 40.7 Å². The average Bonchev–Trinajstić information content (AvgIpc) is 3.77. The summed E-state index contributed by atoms with van der Waals surface area (Å²) in [7, 11) is 0. The van der Waals surface area contributed by atoms with Crippen molar-refractivity contribution in [2.75, 3.05) is 35.7 Å². The molecule has 4 aromatic rings. The topological polar surface area (TPSA) is 126 Å². The van der Waals surface area contributed by atoms with Crippen molar-refractivity contribution in [1.82, 2.24) is 14.8 Å². The van der Waals surface area contributed by atoms with Crippen molar-refractivity contribution in [3.8, 4) is 22.8 Å². The third-order valence-corrected chi connectivity index (χ3v) is 7.88. The van der Waals surface area contributed by atoms with Gasteiger partial charge in [-0.3, -0.25) is 9.69 Å². The molecule has 13 heteroatoms. The first-order chi connectivity index (χ1) is 21.4. The third kappa shape index (κ3) is 6.34. The van der Waals surface area contributed by atoms with Crippen LogP contribution in [0.1, 0.15) is 30.9 Å². The van der Waals surface area contributed by atoms with Crippen molar-refractivity contribution in [3.05, 3.63) is 83.7 Å². The van der Waals surface area contributed by atoms with Gasteiger partial charge in [-0.2, -0.15) is 14.8 Å². The van der Waals surface area contributed by atoms with E-state index in [-0.39, 0.29) is 34.7 Å². The Kier molecular flexibility index (Phi) is 8.68. The largest absolute Gasteiger partial charge is 0.508 e. The Labute approximate surface area is 257 Å². The highest BCUT2D eigenvalue weighted by Gasteiger charge is 2.31. The van der Waals surface area contributed by atoms with E-state index in [2.05, 4.69) is 39.4 Å². The summed E-state index contributed by atoms with van der Waals surface area (Å²) in [5.41, 5.74) is 3.12. The molecule has 0 aliphatic carbocycles. The maximum absolute atomic E-state index is 15.4. The number of carbonyl (C=O) groups excluding carboxylic acids is 1. The number of halogens is 1. The first-order valence-corrected chi connectivity index (χ1v) is 15.0. The molecule has 44 heavy (non-hydrogen) atoms. The Morgan fingerprint density at radius 3 is 2.66 bits per heavy atom. The molecule has 2 fully saturated rings. The molecule has 0 bridgehead atoms.